The minimum atomic E-state index is -1.77. The smallest absolute Gasteiger partial charge is 0.461 e. The molecular formula is C62H68BBrN14O10. The predicted molar refractivity (Wildman–Crippen MR) is 338 cm³/mol. The lowest BCUT2D eigenvalue weighted by atomic mass is 9.77. The maximum atomic E-state index is 13.9. The van der Waals surface area contributed by atoms with E-state index in [4.69, 9.17) is 20.9 Å². The van der Waals surface area contributed by atoms with E-state index in [2.05, 4.69) is 83.3 Å². The molecule has 10 heterocycles. The highest BCUT2D eigenvalue weighted by Crippen LogP contribution is 2.42. The topological polar surface area (TPSA) is 315 Å². The summed E-state index contributed by atoms with van der Waals surface area (Å²) in [6.45, 7) is 13.4. The van der Waals surface area contributed by atoms with Crippen LogP contribution in [0.25, 0.3) is 11.1 Å². The number of hydrogen-bond donors (Lipinski definition) is 6. The lowest BCUT2D eigenvalue weighted by Gasteiger charge is -2.31. The SMILES string of the molecule is CC(=O)OCc1c(-c2cc(Nc3cccc(N)n3)c(=O)n(C)c2)ccnc1N1CCn2c(cc3c2CC(C)(C)C3)C1=O.CC(=O)OCc1c(B(O)O)ccnc1N1CCn2c(cc3c2CC(C)(C)C3)C1=O.Cn1cc(Br)cc(Nc2cccc(N)n2)c1=O. The number of nitrogens with two attached hydrogens (primary N) is 2. The van der Waals surface area contributed by atoms with Crippen molar-refractivity contribution in [1.82, 2.24) is 38.2 Å². The van der Waals surface area contributed by atoms with Gasteiger partial charge in [0.2, 0.25) is 0 Å². The third-order valence-electron chi connectivity index (χ3n) is 15.7. The zero-order valence-electron chi connectivity index (χ0n) is 50.1. The molecule has 0 atom stereocenters. The molecule has 8 N–H and O–H groups in total. The molecule has 0 bridgehead atoms. The first-order chi connectivity index (χ1) is 41.7. The second-order valence-electron chi connectivity index (χ2n) is 23.7. The number of halogens is 1. The highest BCUT2D eigenvalue weighted by molar-refractivity contribution is 9.10. The van der Waals surface area contributed by atoms with Crippen LogP contribution in [0.3, 0.4) is 0 Å². The molecule has 0 saturated heterocycles. The number of esters is 2. The Morgan fingerprint density at radius 1 is 0.636 bits per heavy atom. The van der Waals surface area contributed by atoms with Crippen molar-refractivity contribution in [2.24, 2.45) is 24.9 Å². The molecule has 0 fully saturated rings. The number of aromatic nitrogens is 8. The van der Waals surface area contributed by atoms with Gasteiger partial charge in [-0.1, -0.05) is 39.8 Å². The van der Waals surface area contributed by atoms with Gasteiger partial charge in [0.25, 0.3) is 22.9 Å². The first kappa shape index (κ1) is 61.7. The van der Waals surface area contributed by atoms with Gasteiger partial charge < -0.3 is 59.9 Å². The van der Waals surface area contributed by atoms with E-state index in [0.717, 1.165) is 30.2 Å². The van der Waals surface area contributed by atoms with Crippen molar-refractivity contribution in [2.45, 2.75) is 93.5 Å². The van der Waals surface area contributed by atoms with Crippen LogP contribution in [-0.2, 0) is 85.1 Å². The van der Waals surface area contributed by atoms with Crippen molar-refractivity contribution >= 4 is 98.5 Å². The number of nitrogens with zero attached hydrogens (tertiary/aromatic N) is 10. The van der Waals surface area contributed by atoms with Crippen LogP contribution in [0.5, 0.6) is 0 Å². The maximum absolute atomic E-state index is 13.9. The number of nitrogens with one attached hydrogen (secondary N) is 2. The van der Waals surface area contributed by atoms with E-state index in [0.29, 0.717) is 94.6 Å². The molecule has 0 saturated carbocycles. The quantitative estimate of drug-likeness (QED) is 0.0595. The number of amides is 2. The summed E-state index contributed by atoms with van der Waals surface area (Å²) in [7, 11) is 1.57. The highest BCUT2D eigenvalue weighted by atomic mass is 79.9. The second-order valence-corrected chi connectivity index (χ2v) is 24.7. The van der Waals surface area contributed by atoms with Crippen molar-refractivity contribution in [3.05, 3.63) is 168 Å². The van der Waals surface area contributed by atoms with Crippen LogP contribution in [0.4, 0.5) is 46.3 Å². The average molecular weight is 1260 g/mol. The number of carbonyl (C=O) groups is 4. The van der Waals surface area contributed by atoms with Gasteiger partial charge in [0, 0.05) is 111 Å². The number of hydrogen-bond acceptors (Lipinski definition) is 18. The minimum Gasteiger partial charge on any atom is -0.461 e. The fourth-order valence-corrected chi connectivity index (χ4v) is 12.4. The van der Waals surface area contributed by atoms with Crippen LogP contribution in [-0.4, -0.2) is 92.2 Å². The molecule has 26 heteroatoms. The Bertz CT molecular complexity index is 4210. The van der Waals surface area contributed by atoms with Gasteiger partial charge >= 0.3 is 19.1 Å². The second kappa shape index (κ2) is 24.8. The Morgan fingerprint density at radius 3 is 1.59 bits per heavy atom. The molecule has 8 aromatic heterocycles. The standard InChI is InChI=1S/C31H33N7O4.C20H24BN3O5.C11H11BrN4O/c1-18(39)42-17-22-21(20-12-23(29(40)36(4)16-20)34-27-7-5-6-26(32)35-27)8-9-33-28(22)38-11-10-37-24(30(38)41)13-19-14-31(2,3)15-25(19)37;1-12(25)29-11-14-15(21(27)28)4-5-22-18(14)24-7-6-23-16(19(24)26)8-13-9-20(2,3)10-17(13)23;1-16-6-7(12)5-8(11(16)17)14-10-4-2-3-9(13)15-10/h5-9,12-13,16H,10-11,14-15,17H2,1-4H3,(H3,32,34,35);4-5,8,27-28H,6-7,9-11H2,1-3H3;2-6H,1H3,(H3,13,14,15). The zero-order valence-corrected chi connectivity index (χ0v) is 51.6. The first-order valence-electron chi connectivity index (χ1n) is 28.5. The molecule has 0 unspecified atom stereocenters. The Hall–Kier alpha value is -9.40. The van der Waals surface area contributed by atoms with Crippen molar-refractivity contribution < 1.29 is 38.7 Å². The molecule has 0 aromatic carbocycles. The highest BCUT2D eigenvalue weighted by Gasteiger charge is 2.40. The maximum Gasteiger partial charge on any atom is 0.489 e. The Morgan fingerprint density at radius 2 is 1.10 bits per heavy atom. The van der Waals surface area contributed by atoms with E-state index in [9.17, 15) is 38.8 Å². The Kier molecular flexibility index (Phi) is 17.4. The van der Waals surface area contributed by atoms with Crippen LogP contribution in [0, 0.1) is 10.8 Å². The number of fused-ring (bicyclic) bond motifs is 6. The molecule has 12 rings (SSSR count). The van der Waals surface area contributed by atoms with E-state index < -0.39 is 19.1 Å². The van der Waals surface area contributed by atoms with Gasteiger partial charge in [0.05, 0.1) is 0 Å². The lowest BCUT2D eigenvalue weighted by Crippen LogP contribution is -2.43. The Labute approximate surface area is 515 Å². The summed E-state index contributed by atoms with van der Waals surface area (Å²) in [6.07, 6.45) is 10.2. The fraction of sp³-hybridized carbons (Fsp3) is 0.323. The van der Waals surface area contributed by atoms with Crippen molar-refractivity contribution in [3.63, 3.8) is 0 Å². The van der Waals surface area contributed by atoms with Crippen LogP contribution in [0.2, 0.25) is 0 Å². The van der Waals surface area contributed by atoms with Gasteiger partial charge in [-0.05, 0) is 135 Å². The van der Waals surface area contributed by atoms with Gasteiger partial charge in [-0.25, -0.2) is 19.9 Å². The number of rotatable bonds is 12. The number of carbonyl (C=O) groups excluding carboxylic acids is 4. The normalized spacial score (nSPS) is 14.9. The van der Waals surface area contributed by atoms with Gasteiger partial charge in [0.1, 0.15) is 70.9 Å². The number of nitrogen functional groups attached to an aromatic ring is 2. The number of anilines is 8. The van der Waals surface area contributed by atoms with Gasteiger partial charge in [-0.2, -0.15) is 0 Å². The van der Waals surface area contributed by atoms with Crippen LogP contribution in [0.1, 0.15) is 96.2 Å². The molecule has 0 spiro atoms. The molecule has 4 aliphatic rings. The molecule has 456 valence electrons. The third-order valence-corrected chi connectivity index (χ3v) is 16.1. The van der Waals surface area contributed by atoms with Crippen molar-refractivity contribution in [3.8, 4) is 11.1 Å². The molecule has 8 aromatic rings. The predicted octanol–water partition coefficient (Wildman–Crippen LogP) is 6.10. The van der Waals surface area contributed by atoms with E-state index in [-0.39, 0.29) is 63.9 Å². The van der Waals surface area contributed by atoms with E-state index in [1.807, 2.05) is 12.1 Å². The summed E-state index contributed by atoms with van der Waals surface area (Å²) < 4.78 is 18.5. The van der Waals surface area contributed by atoms with Gasteiger partial charge in [-0.3, -0.25) is 38.6 Å². The monoisotopic (exact) mass is 1260 g/mol. The summed E-state index contributed by atoms with van der Waals surface area (Å²) in [5.74, 6) is 1.12. The third kappa shape index (κ3) is 13.1. The Balaban J connectivity index is 0.000000160. The zero-order chi connectivity index (χ0) is 63.1. The molecule has 0 radical (unpaired) electrons. The molecule has 2 aliphatic carbocycles. The summed E-state index contributed by atoms with van der Waals surface area (Å²) in [5, 5.41) is 25.5. The summed E-state index contributed by atoms with van der Waals surface area (Å²) in [6, 6.07) is 20.9. The average Bonchev–Trinajstić information content (AvgIpc) is 1.57. The summed E-state index contributed by atoms with van der Waals surface area (Å²) in [5.41, 5.74) is 20.7. The number of ether oxygens (including phenoxy) is 2. The summed E-state index contributed by atoms with van der Waals surface area (Å²) in [4.78, 5) is 95.7. The van der Waals surface area contributed by atoms with Crippen molar-refractivity contribution in [2.75, 3.05) is 45.0 Å². The molecule has 24 nitrogen and oxygen atoms in total. The molecule has 2 amide bonds. The van der Waals surface area contributed by atoms with Crippen LogP contribution < -0.4 is 48.5 Å². The molecule has 2 aliphatic heterocycles. The van der Waals surface area contributed by atoms with Crippen LogP contribution in [0.15, 0.2) is 112 Å². The van der Waals surface area contributed by atoms with Gasteiger partial charge in [0.15, 0.2) is 0 Å². The summed E-state index contributed by atoms with van der Waals surface area (Å²) >= 11 is 3.33. The largest absolute Gasteiger partial charge is 0.489 e. The number of pyridine rings is 6. The van der Waals surface area contributed by atoms with E-state index in [1.165, 1.54) is 62.7 Å². The first-order valence-corrected chi connectivity index (χ1v) is 29.2. The van der Waals surface area contributed by atoms with Crippen molar-refractivity contribution in [1.29, 1.82) is 0 Å². The van der Waals surface area contributed by atoms with Crippen LogP contribution >= 0.6 is 15.9 Å². The minimum absolute atomic E-state index is 0.0916. The van der Waals surface area contributed by atoms with Gasteiger partial charge in [-0.15, -0.1) is 0 Å². The molecule has 88 heavy (non-hydrogen) atoms. The van der Waals surface area contributed by atoms with E-state index >= 15 is 0 Å². The number of aryl methyl sites for hydroxylation is 2. The molecular weight excluding hydrogens is 1190 g/mol. The van der Waals surface area contributed by atoms with E-state index in [1.54, 1.807) is 92.2 Å². The fourth-order valence-electron chi connectivity index (χ4n) is 11.8. The lowest BCUT2D eigenvalue weighted by molar-refractivity contribution is -0.143.